The number of alkyl halides is 3. The summed E-state index contributed by atoms with van der Waals surface area (Å²) in [5.41, 5.74) is 11.2. The molecule has 0 radical (unpaired) electrons. The van der Waals surface area contributed by atoms with Gasteiger partial charge in [0.05, 0.1) is 34.1 Å². The van der Waals surface area contributed by atoms with Gasteiger partial charge in [-0.1, -0.05) is 18.0 Å². The van der Waals surface area contributed by atoms with Crippen molar-refractivity contribution >= 4 is 40.6 Å². The number of benzene rings is 1. The van der Waals surface area contributed by atoms with E-state index in [1.54, 1.807) is 6.07 Å². The summed E-state index contributed by atoms with van der Waals surface area (Å²) in [4.78, 5) is 33.1. The molecule has 4 rings (SSSR count). The van der Waals surface area contributed by atoms with Crippen LogP contribution in [0.3, 0.4) is 0 Å². The Morgan fingerprint density at radius 1 is 1.15 bits per heavy atom. The van der Waals surface area contributed by atoms with Crippen LogP contribution in [0, 0.1) is 0 Å². The molecule has 0 fully saturated rings. The molecule has 0 aliphatic rings. The van der Waals surface area contributed by atoms with Crippen LogP contribution in [-0.2, 0) is 11.0 Å². The van der Waals surface area contributed by atoms with E-state index in [0.717, 1.165) is 19.0 Å². The van der Waals surface area contributed by atoms with Gasteiger partial charge >= 0.3 is 6.18 Å². The van der Waals surface area contributed by atoms with E-state index in [0.29, 0.717) is 18.7 Å². The van der Waals surface area contributed by atoms with Crippen molar-refractivity contribution in [2.45, 2.75) is 31.5 Å². The zero-order chi connectivity index (χ0) is 29.6. The van der Waals surface area contributed by atoms with Crippen molar-refractivity contribution in [3.05, 3.63) is 59.3 Å². The highest BCUT2D eigenvalue weighted by Gasteiger charge is 2.37. The highest BCUT2D eigenvalue weighted by atomic mass is 35.5. The number of amides is 2. The number of H-pyrrole nitrogens is 1. The van der Waals surface area contributed by atoms with Crippen LogP contribution in [0.4, 0.5) is 24.7 Å². The Morgan fingerprint density at radius 3 is 2.66 bits per heavy atom. The van der Waals surface area contributed by atoms with Gasteiger partial charge in [0.25, 0.3) is 5.91 Å². The molecule has 0 aliphatic heterocycles. The number of aromatic amines is 1. The number of unbranched alkanes of at least 4 members (excludes halogenated alkanes) is 1. The molecule has 0 saturated heterocycles. The van der Waals surface area contributed by atoms with Crippen LogP contribution in [0.2, 0.25) is 5.02 Å². The molecule has 16 heteroatoms. The molecular weight excluding hydrogens is 565 g/mol. The van der Waals surface area contributed by atoms with Gasteiger partial charge in [-0.25, -0.2) is 9.97 Å². The van der Waals surface area contributed by atoms with Gasteiger partial charge in [-0.2, -0.15) is 18.3 Å². The number of fused-ring (bicyclic) bond motifs is 1. The van der Waals surface area contributed by atoms with Crippen molar-refractivity contribution in [3.8, 4) is 11.3 Å². The minimum atomic E-state index is -4.65. The lowest BCUT2D eigenvalue weighted by Crippen LogP contribution is -2.43. The average Bonchev–Trinajstić information content (AvgIpc) is 3.59. The maximum Gasteiger partial charge on any atom is 0.435 e. The van der Waals surface area contributed by atoms with Gasteiger partial charge in [0, 0.05) is 37.4 Å². The fourth-order valence-corrected chi connectivity index (χ4v) is 4.32. The number of carbonyl (C=O) groups excluding carboxylic acids is 2. The summed E-state index contributed by atoms with van der Waals surface area (Å²) >= 11 is 6.35. The molecule has 0 aliphatic carbocycles. The number of anilines is 2. The first-order valence-electron chi connectivity index (χ1n) is 12.6. The summed E-state index contributed by atoms with van der Waals surface area (Å²) in [7, 11) is 0. The molecule has 4 aromatic rings. The fraction of sp³-hybridized carbons (Fsp3) is 0.320. The van der Waals surface area contributed by atoms with Gasteiger partial charge in [-0.05, 0) is 37.6 Å². The van der Waals surface area contributed by atoms with E-state index < -0.39 is 23.8 Å². The third kappa shape index (κ3) is 7.11. The van der Waals surface area contributed by atoms with Crippen LogP contribution in [0.5, 0.6) is 0 Å². The summed E-state index contributed by atoms with van der Waals surface area (Å²) in [5.74, 6) is -0.494. The molecule has 1 atom stereocenters. The Morgan fingerprint density at radius 2 is 1.93 bits per heavy atom. The Balaban J connectivity index is 1.38. The van der Waals surface area contributed by atoms with Gasteiger partial charge in [0.1, 0.15) is 0 Å². The molecule has 12 nitrogen and oxygen atoms in total. The molecule has 3 aromatic heterocycles. The molecular formula is C25H28ClF3N10O2. The third-order valence-electron chi connectivity index (χ3n) is 6.11. The predicted octanol–water partition coefficient (Wildman–Crippen LogP) is 2.84. The number of halogens is 4. The number of hydrogen-bond donors (Lipinski definition) is 6. The van der Waals surface area contributed by atoms with Crippen LogP contribution >= 0.6 is 11.6 Å². The fourth-order valence-electron chi connectivity index (χ4n) is 4.05. The van der Waals surface area contributed by atoms with Gasteiger partial charge < -0.3 is 27.4 Å². The first kappa shape index (κ1) is 29.8. The number of nitrogens with two attached hydrogens (primary N) is 2. The number of hydrogen-bond acceptors (Lipinski definition) is 8. The second-order valence-electron chi connectivity index (χ2n) is 9.02. The van der Waals surface area contributed by atoms with Crippen molar-refractivity contribution in [2.75, 3.05) is 25.0 Å². The standard InChI is InChI=1S/C25H28ClF3N10O2/c26-17-11-14(4-5-15(17)23(40)33-7-8-34-24(41)18(31)3-1-2-6-30)37-21-22-35-13-19(39(22)10-9-32-21)16-12-36-38-20(16)25(27,28)29/h4-5,9-13,18H,1-3,6-8,30-31H2,(H,32,37)(H,33,40)(H,34,41)(H,36,38)/t18-/m0/s1. The van der Waals surface area contributed by atoms with Crippen molar-refractivity contribution in [2.24, 2.45) is 11.5 Å². The van der Waals surface area contributed by atoms with Gasteiger partial charge in [-0.3, -0.25) is 19.1 Å². The summed E-state index contributed by atoms with van der Waals surface area (Å²) in [6.07, 6.45) is 2.76. The first-order valence-corrected chi connectivity index (χ1v) is 13.0. The largest absolute Gasteiger partial charge is 0.435 e. The van der Waals surface area contributed by atoms with Crippen LogP contribution < -0.4 is 27.4 Å². The molecule has 218 valence electrons. The van der Waals surface area contributed by atoms with Crippen LogP contribution in [-0.4, -0.2) is 62.1 Å². The van der Waals surface area contributed by atoms with E-state index in [1.165, 1.54) is 35.1 Å². The Kier molecular flexibility index (Phi) is 9.42. The monoisotopic (exact) mass is 592 g/mol. The number of nitrogens with zero attached hydrogens (tertiary/aromatic N) is 4. The van der Waals surface area contributed by atoms with E-state index in [-0.39, 0.29) is 52.3 Å². The van der Waals surface area contributed by atoms with Crippen molar-refractivity contribution in [3.63, 3.8) is 0 Å². The number of aromatic nitrogens is 5. The number of carbonyl (C=O) groups is 2. The first-order chi connectivity index (χ1) is 19.6. The summed E-state index contributed by atoms with van der Waals surface area (Å²) in [6.45, 7) is 0.898. The number of imidazole rings is 1. The molecule has 1 aromatic carbocycles. The van der Waals surface area contributed by atoms with E-state index in [1.807, 2.05) is 0 Å². The molecule has 0 saturated carbocycles. The summed E-state index contributed by atoms with van der Waals surface area (Å²) in [6, 6.07) is 3.97. The highest BCUT2D eigenvalue weighted by Crippen LogP contribution is 2.36. The van der Waals surface area contributed by atoms with E-state index in [4.69, 9.17) is 23.1 Å². The van der Waals surface area contributed by atoms with Crippen LogP contribution in [0.25, 0.3) is 16.9 Å². The van der Waals surface area contributed by atoms with E-state index >= 15 is 0 Å². The second-order valence-corrected chi connectivity index (χ2v) is 9.42. The Hall–Kier alpha value is -4.21. The minimum Gasteiger partial charge on any atom is -0.353 e. The topological polar surface area (TPSA) is 181 Å². The van der Waals surface area contributed by atoms with Crippen LogP contribution in [0.15, 0.2) is 43.0 Å². The summed E-state index contributed by atoms with van der Waals surface area (Å²) < 4.78 is 41.5. The number of nitrogens with one attached hydrogen (secondary N) is 4. The summed E-state index contributed by atoms with van der Waals surface area (Å²) in [5, 5.41) is 14.1. The normalized spacial score (nSPS) is 12.3. The average molecular weight is 593 g/mol. The van der Waals surface area contributed by atoms with Crippen molar-refractivity contribution in [1.29, 1.82) is 0 Å². The lowest BCUT2D eigenvalue weighted by Gasteiger charge is -2.13. The van der Waals surface area contributed by atoms with E-state index in [2.05, 4.69) is 36.1 Å². The lowest BCUT2D eigenvalue weighted by atomic mass is 10.1. The molecule has 0 unspecified atom stereocenters. The van der Waals surface area contributed by atoms with E-state index in [9.17, 15) is 22.8 Å². The van der Waals surface area contributed by atoms with Gasteiger partial charge in [0.2, 0.25) is 5.91 Å². The molecule has 2 amide bonds. The predicted molar refractivity (Wildman–Crippen MR) is 147 cm³/mol. The maximum atomic E-state index is 13.4. The van der Waals surface area contributed by atoms with Crippen molar-refractivity contribution < 1.29 is 22.8 Å². The van der Waals surface area contributed by atoms with Crippen molar-refractivity contribution in [1.82, 2.24) is 35.2 Å². The SMILES string of the molecule is NCCCC[C@H](N)C(=O)NCCNC(=O)c1ccc(Nc2nccn3c(-c4c[nH]nc4C(F)(F)F)cnc23)cc1Cl. The Bertz CT molecular complexity index is 1520. The quantitative estimate of drug-likeness (QED) is 0.136. The molecule has 0 bridgehead atoms. The smallest absolute Gasteiger partial charge is 0.353 e. The highest BCUT2D eigenvalue weighted by molar-refractivity contribution is 6.34. The van der Waals surface area contributed by atoms with Gasteiger partial charge in [0.15, 0.2) is 17.2 Å². The zero-order valence-electron chi connectivity index (χ0n) is 21.6. The van der Waals surface area contributed by atoms with Gasteiger partial charge in [-0.15, -0.1) is 0 Å². The molecule has 3 heterocycles. The maximum absolute atomic E-state index is 13.4. The Labute approximate surface area is 237 Å². The third-order valence-corrected chi connectivity index (χ3v) is 6.42. The lowest BCUT2D eigenvalue weighted by molar-refractivity contribution is -0.140. The molecule has 41 heavy (non-hydrogen) atoms. The van der Waals surface area contributed by atoms with Crippen LogP contribution in [0.1, 0.15) is 35.3 Å². The number of rotatable bonds is 12. The molecule has 0 spiro atoms. The minimum absolute atomic E-state index is 0.141. The zero-order valence-corrected chi connectivity index (χ0v) is 22.4. The molecule has 8 N–H and O–H groups in total. The second kappa shape index (κ2) is 13.0.